The van der Waals surface area contributed by atoms with Crippen molar-refractivity contribution < 1.29 is 4.74 Å². The molecule has 2 aromatic carbocycles. The van der Waals surface area contributed by atoms with Crippen LogP contribution in [0.2, 0.25) is 0 Å². The molecule has 0 fully saturated rings. The molecule has 1 aliphatic rings. The number of para-hydroxylation sites is 2. The van der Waals surface area contributed by atoms with Crippen LogP contribution < -0.4 is 14.5 Å². The van der Waals surface area contributed by atoms with Crippen LogP contribution in [-0.2, 0) is 6.42 Å². The largest absolute Gasteiger partial charge is 0.491 e. The quantitative estimate of drug-likeness (QED) is 0.569. The highest BCUT2D eigenvalue weighted by Gasteiger charge is 2.20. The molecule has 3 aromatic rings. The van der Waals surface area contributed by atoms with E-state index in [2.05, 4.69) is 72.2 Å². The van der Waals surface area contributed by atoms with Crippen LogP contribution in [0.1, 0.15) is 22.4 Å². The van der Waals surface area contributed by atoms with E-state index in [4.69, 9.17) is 4.74 Å². The van der Waals surface area contributed by atoms with Crippen LogP contribution in [0.25, 0.3) is 0 Å². The average Bonchev–Trinajstić information content (AvgIpc) is 3.18. The van der Waals surface area contributed by atoms with E-state index >= 15 is 0 Å². The number of benzene rings is 2. The zero-order valence-electron chi connectivity index (χ0n) is 17.3. The molecule has 29 heavy (non-hydrogen) atoms. The Morgan fingerprint density at radius 1 is 0.897 bits per heavy atom. The van der Waals surface area contributed by atoms with Crippen molar-refractivity contribution in [2.24, 2.45) is 0 Å². The lowest BCUT2D eigenvalue weighted by Crippen LogP contribution is -2.26. The molecule has 148 valence electrons. The van der Waals surface area contributed by atoms with E-state index < -0.39 is 0 Å². The highest BCUT2D eigenvalue weighted by Crippen LogP contribution is 2.34. The molecule has 0 radical (unpaired) electrons. The predicted octanol–water partition coefficient (Wildman–Crippen LogP) is 5.38. The predicted molar refractivity (Wildman–Crippen MR) is 119 cm³/mol. The number of pyridine rings is 1. The molecule has 0 saturated carbocycles. The molecule has 0 aliphatic carbocycles. The van der Waals surface area contributed by atoms with Gasteiger partial charge in [0.25, 0.3) is 0 Å². The van der Waals surface area contributed by atoms with Gasteiger partial charge in [-0.3, -0.25) is 4.98 Å². The highest BCUT2D eigenvalue weighted by atomic mass is 16.5. The van der Waals surface area contributed by atoms with Crippen molar-refractivity contribution in [1.29, 1.82) is 0 Å². The first kappa shape index (κ1) is 19.1. The summed E-state index contributed by atoms with van der Waals surface area (Å²) in [6.07, 6.45) is 6.88. The second kappa shape index (κ2) is 8.39. The van der Waals surface area contributed by atoms with Gasteiger partial charge in [0.05, 0.1) is 19.0 Å². The van der Waals surface area contributed by atoms with E-state index in [1.54, 1.807) is 0 Å². The smallest absolute Gasteiger partial charge is 0.142 e. The summed E-state index contributed by atoms with van der Waals surface area (Å²) in [5.74, 6) is 0.896. The third-order valence-electron chi connectivity index (χ3n) is 5.17. The van der Waals surface area contributed by atoms with Gasteiger partial charge in [0, 0.05) is 36.4 Å². The molecule has 1 aromatic heterocycles. The lowest BCUT2D eigenvalue weighted by atomic mass is 10.0. The number of hydrogen-bond acceptors (Lipinski definition) is 4. The van der Waals surface area contributed by atoms with E-state index in [1.165, 1.54) is 22.4 Å². The first-order valence-corrected chi connectivity index (χ1v) is 10.0. The molecular formula is C25H27N3O. The molecule has 0 N–H and O–H groups in total. The summed E-state index contributed by atoms with van der Waals surface area (Å²) in [7, 11) is 0. The van der Waals surface area contributed by atoms with Crippen LogP contribution in [0.15, 0.2) is 73.2 Å². The first-order chi connectivity index (χ1) is 14.1. The normalized spacial score (nSPS) is 13.2. The van der Waals surface area contributed by atoms with Gasteiger partial charge in [-0.1, -0.05) is 35.9 Å². The van der Waals surface area contributed by atoms with Gasteiger partial charge in [-0.25, -0.2) is 0 Å². The van der Waals surface area contributed by atoms with Crippen LogP contribution in [0.3, 0.4) is 0 Å². The summed E-state index contributed by atoms with van der Waals surface area (Å²) in [6, 6.07) is 18.7. The summed E-state index contributed by atoms with van der Waals surface area (Å²) in [4.78, 5) is 8.90. The van der Waals surface area contributed by atoms with Crippen molar-refractivity contribution in [2.75, 3.05) is 23.1 Å². The third kappa shape index (κ3) is 4.27. The second-order valence-corrected chi connectivity index (χ2v) is 7.51. The van der Waals surface area contributed by atoms with E-state index in [1.807, 2.05) is 36.5 Å². The number of anilines is 2. The molecule has 2 heterocycles. The summed E-state index contributed by atoms with van der Waals surface area (Å²) < 4.78 is 6.12. The van der Waals surface area contributed by atoms with E-state index in [0.29, 0.717) is 6.61 Å². The van der Waals surface area contributed by atoms with Crippen molar-refractivity contribution in [1.82, 2.24) is 4.98 Å². The molecule has 4 heteroatoms. The van der Waals surface area contributed by atoms with Crippen LogP contribution >= 0.6 is 0 Å². The third-order valence-corrected chi connectivity index (χ3v) is 5.17. The van der Waals surface area contributed by atoms with Crippen LogP contribution in [0.4, 0.5) is 11.4 Å². The van der Waals surface area contributed by atoms with Crippen molar-refractivity contribution in [3.8, 4) is 5.75 Å². The summed E-state index contributed by atoms with van der Waals surface area (Å²) in [5, 5.41) is 0. The number of ether oxygens (including phenoxy) is 1. The summed E-state index contributed by atoms with van der Waals surface area (Å²) >= 11 is 0. The lowest BCUT2D eigenvalue weighted by Gasteiger charge is -2.26. The van der Waals surface area contributed by atoms with E-state index in [-0.39, 0.29) is 0 Å². The number of nitrogens with zero attached hydrogens (tertiary/aromatic N) is 3. The molecule has 0 bridgehead atoms. The lowest BCUT2D eigenvalue weighted by molar-refractivity contribution is 0.321. The maximum absolute atomic E-state index is 6.12. The Balaban J connectivity index is 1.47. The molecule has 4 rings (SSSR count). The monoisotopic (exact) mass is 385 g/mol. The van der Waals surface area contributed by atoms with Crippen molar-refractivity contribution in [2.45, 2.75) is 27.2 Å². The molecular weight excluding hydrogens is 358 g/mol. The van der Waals surface area contributed by atoms with Gasteiger partial charge in [0.15, 0.2) is 0 Å². The Hall–Kier alpha value is -3.27. The first-order valence-electron chi connectivity index (χ1n) is 10.0. The van der Waals surface area contributed by atoms with E-state index in [9.17, 15) is 0 Å². The molecule has 0 amide bonds. The Bertz CT molecular complexity index is 991. The topological polar surface area (TPSA) is 28.6 Å². The molecule has 0 unspecified atom stereocenters. The van der Waals surface area contributed by atoms with Crippen LogP contribution in [-0.4, -0.2) is 18.3 Å². The van der Waals surface area contributed by atoms with Crippen molar-refractivity contribution >= 4 is 11.4 Å². The van der Waals surface area contributed by atoms with Gasteiger partial charge in [-0.05, 0) is 56.2 Å². The van der Waals surface area contributed by atoms with Gasteiger partial charge in [-0.15, -0.1) is 0 Å². The average molecular weight is 386 g/mol. The van der Waals surface area contributed by atoms with Gasteiger partial charge >= 0.3 is 0 Å². The van der Waals surface area contributed by atoms with Crippen LogP contribution in [0, 0.1) is 20.8 Å². The second-order valence-electron chi connectivity index (χ2n) is 7.51. The van der Waals surface area contributed by atoms with Gasteiger partial charge in [0.2, 0.25) is 0 Å². The van der Waals surface area contributed by atoms with Crippen LogP contribution in [0.5, 0.6) is 5.75 Å². The molecule has 1 aliphatic heterocycles. The fourth-order valence-corrected chi connectivity index (χ4v) is 3.97. The fraction of sp³-hybridized carbons (Fsp3) is 0.240. The molecule has 0 spiro atoms. The Morgan fingerprint density at radius 2 is 1.62 bits per heavy atom. The highest BCUT2D eigenvalue weighted by molar-refractivity contribution is 5.68. The van der Waals surface area contributed by atoms with Gasteiger partial charge < -0.3 is 14.5 Å². The number of aryl methyl sites for hydroxylation is 3. The van der Waals surface area contributed by atoms with Crippen molar-refractivity contribution in [3.63, 3.8) is 0 Å². The number of hydrogen-bond donors (Lipinski definition) is 0. The molecule has 4 nitrogen and oxygen atoms in total. The Labute approximate surface area is 173 Å². The van der Waals surface area contributed by atoms with Crippen molar-refractivity contribution in [3.05, 3.63) is 95.6 Å². The summed E-state index contributed by atoms with van der Waals surface area (Å²) in [5.41, 5.74) is 7.30. The van der Waals surface area contributed by atoms with Gasteiger partial charge in [0.1, 0.15) is 5.75 Å². The fourth-order valence-electron chi connectivity index (χ4n) is 3.97. The number of aromatic nitrogens is 1. The minimum absolute atomic E-state index is 0.603. The standard InChI is InChI=1S/C25H27N3O/c1-19-16-20(2)25(21(3)17-19)28-14-13-27(18-28)23-9-4-5-10-24(23)29-15-11-22-8-6-7-12-26-22/h4-10,12-14,16-17H,11,15,18H2,1-3H3. The summed E-state index contributed by atoms with van der Waals surface area (Å²) in [6.45, 7) is 7.88. The van der Waals surface area contributed by atoms with Gasteiger partial charge in [-0.2, -0.15) is 0 Å². The van der Waals surface area contributed by atoms with E-state index in [0.717, 1.165) is 30.2 Å². The minimum atomic E-state index is 0.603. The minimum Gasteiger partial charge on any atom is -0.491 e. The SMILES string of the molecule is Cc1cc(C)c(N2C=CN(c3ccccc3OCCc3ccccn3)C2)c(C)c1. The zero-order valence-corrected chi connectivity index (χ0v) is 17.3. The molecule has 0 atom stereocenters. The Kier molecular flexibility index (Phi) is 5.52. The Morgan fingerprint density at radius 3 is 2.38 bits per heavy atom. The zero-order chi connectivity index (χ0) is 20.2. The molecule has 0 saturated heterocycles. The maximum atomic E-state index is 6.12. The number of rotatable bonds is 6. The maximum Gasteiger partial charge on any atom is 0.142 e.